The summed E-state index contributed by atoms with van der Waals surface area (Å²) in [6, 6.07) is 11.8. The molecule has 1 heterocycles. The van der Waals surface area contributed by atoms with Gasteiger partial charge in [0.1, 0.15) is 0 Å². The van der Waals surface area contributed by atoms with Crippen LogP contribution in [0.1, 0.15) is 46.3 Å². The highest BCUT2D eigenvalue weighted by Gasteiger charge is 2.28. The molecule has 7 heteroatoms. The van der Waals surface area contributed by atoms with Crippen LogP contribution in [-0.2, 0) is 25.7 Å². The molecule has 0 saturated heterocycles. The van der Waals surface area contributed by atoms with Gasteiger partial charge in [-0.25, -0.2) is 0 Å². The number of ketones is 1. The smallest absolute Gasteiger partial charge is 0.293 e. The topological polar surface area (TPSA) is 93.7 Å². The van der Waals surface area contributed by atoms with E-state index in [0.717, 1.165) is 17.5 Å². The van der Waals surface area contributed by atoms with E-state index >= 15 is 0 Å². The minimum atomic E-state index is -0.927. The molecule has 2 amide bonds. The van der Waals surface area contributed by atoms with E-state index in [1.165, 1.54) is 0 Å². The molecule has 1 aliphatic rings. The Labute approximate surface area is 188 Å². The summed E-state index contributed by atoms with van der Waals surface area (Å²) in [4.78, 5) is 38.8. The van der Waals surface area contributed by atoms with Gasteiger partial charge in [0, 0.05) is 17.9 Å². The first kappa shape index (κ1) is 23.6. The summed E-state index contributed by atoms with van der Waals surface area (Å²) < 4.78 is 11.2. The molecule has 32 heavy (non-hydrogen) atoms. The minimum absolute atomic E-state index is 0.263. The second-order valence-corrected chi connectivity index (χ2v) is 7.93. The second-order valence-electron chi connectivity index (χ2n) is 7.93. The van der Waals surface area contributed by atoms with Crippen molar-refractivity contribution in [1.82, 2.24) is 5.32 Å². The number of carbonyl (C=O) groups excluding carboxylic acids is 3. The maximum Gasteiger partial charge on any atom is 0.293 e. The number of hydrogen-bond acceptors (Lipinski definition) is 5. The Morgan fingerprint density at radius 3 is 2.44 bits per heavy atom. The zero-order valence-electron chi connectivity index (χ0n) is 18.6. The lowest BCUT2D eigenvalue weighted by molar-refractivity contribution is -0.136. The third-order valence-electron chi connectivity index (χ3n) is 5.49. The Morgan fingerprint density at radius 2 is 1.66 bits per heavy atom. The number of anilines is 1. The van der Waals surface area contributed by atoms with Crippen LogP contribution in [0, 0.1) is 13.8 Å². The van der Waals surface area contributed by atoms with Crippen molar-refractivity contribution in [3.63, 3.8) is 0 Å². The molecule has 170 valence electrons. The first-order valence-electron chi connectivity index (χ1n) is 10.9. The number of carbonyl (C=O) groups is 3. The quantitative estimate of drug-likeness (QED) is 0.717. The average Bonchev–Trinajstić information content (AvgIpc) is 2.78. The zero-order chi connectivity index (χ0) is 22.9. The molecular weight excluding hydrogens is 408 g/mol. The number of ether oxygens (including phenoxy) is 2. The van der Waals surface area contributed by atoms with Crippen LogP contribution in [0.2, 0.25) is 0 Å². The molecule has 0 bridgehead atoms. The maximum absolute atomic E-state index is 13.0. The van der Waals surface area contributed by atoms with Gasteiger partial charge in [-0.1, -0.05) is 36.4 Å². The lowest BCUT2D eigenvalue weighted by Gasteiger charge is -2.20. The fraction of sp³-hybridized carbons (Fsp3) is 0.400. The highest BCUT2D eigenvalue weighted by Crippen LogP contribution is 2.20. The lowest BCUT2D eigenvalue weighted by Crippen LogP contribution is -2.46. The standard InChI is InChI=1S/C25H30N2O5/c1-17-8-7-9-18(2)22(17)27-25(30)23(28)21-12-5-6-13-31-14-15-32-16-19-10-3-4-11-20(19)24(29)26-21/h3-4,7-11,21H,5-6,12-16H2,1-2H3,(H,26,29)(H,27,30)/t21-/m0/s1. The lowest BCUT2D eigenvalue weighted by atomic mass is 10.0. The molecular formula is C25H30N2O5. The Bertz CT molecular complexity index is 952. The van der Waals surface area contributed by atoms with Gasteiger partial charge in [-0.3, -0.25) is 14.4 Å². The Kier molecular flexibility index (Phi) is 8.53. The van der Waals surface area contributed by atoms with Crippen LogP contribution in [0.15, 0.2) is 42.5 Å². The van der Waals surface area contributed by atoms with Crippen molar-refractivity contribution in [2.24, 2.45) is 0 Å². The van der Waals surface area contributed by atoms with Crippen LogP contribution < -0.4 is 10.6 Å². The summed E-state index contributed by atoms with van der Waals surface area (Å²) in [5.74, 6) is -1.79. The molecule has 2 aromatic rings. The van der Waals surface area contributed by atoms with Gasteiger partial charge < -0.3 is 20.1 Å². The van der Waals surface area contributed by atoms with Crippen LogP contribution in [0.5, 0.6) is 0 Å². The second kappa shape index (κ2) is 11.5. The van der Waals surface area contributed by atoms with Gasteiger partial charge in [-0.05, 0) is 55.9 Å². The molecule has 0 fully saturated rings. The number of Topliss-reactive ketones (excluding diaryl/α,β-unsaturated/α-hetero) is 1. The molecule has 0 radical (unpaired) electrons. The van der Waals surface area contributed by atoms with E-state index in [9.17, 15) is 14.4 Å². The number of rotatable bonds is 3. The van der Waals surface area contributed by atoms with Crippen molar-refractivity contribution in [3.05, 3.63) is 64.7 Å². The number of amides is 2. The molecule has 1 aliphatic heterocycles. The van der Waals surface area contributed by atoms with Crippen LogP contribution in [0.3, 0.4) is 0 Å². The summed E-state index contributed by atoms with van der Waals surface area (Å²) in [6.45, 7) is 5.44. The van der Waals surface area contributed by atoms with E-state index in [2.05, 4.69) is 10.6 Å². The van der Waals surface area contributed by atoms with Crippen molar-refractivity contribution in [2.75, 3.05) is 25.1 Å². The minimum Gasteiger partial charge on any atom is -0.379 e. The van der Waals surface area contributed by atoms with Crippen LogP contribution >= 0.6 is 0 Å². The zero-order valence-corrected chi connectivity index (χ0v) is 18.6. The largest absolute Gasteiger partial charge is 0.379 e. The van der Waals surface area contributed by atoms with Crippen LogP contribution in [0.4, 0.5) is 5.69 Å². The number of para-hydroxylation sites is 1. The fourth-order valence-corrected chi connectivity index (χ4v) is 3.67. The van der Waals surface area contributed by atoms with Crippen molar-refractivity contribution >= 4 is 23.3 Å². The van der Waals surface area contributed by atoms with Gasteiger partial charge in [0.05, 0.1) is 25.9 Å². The van der Waals surface area contributed by atoms with E-state index in [0.29, 0.717) is 49.5 Å². The van der Waals surface area contributed by atoms with Gasteiger partial charge in [-0.2, -0.15) is 0 Å². The van der Waals surface area contributed by atoms with Gasteiger partial charge in [0.25, 0.3) is 11.8 Å². The summed E-state index contributed by atoms with van der Waals surface area (Å²) in [5, 5.41) is 5.51. The Morgan fingerprint density at radius 1 is 0.938 bits per heavy atom. The Balaban J connectivity index is 1.79. The van der Waals surface area contributed by atoms with Crippen LogP contribution in [0.25, 0.3) is 0 Å². The van der Waals surface area contributed by atoms with Crippen molar-refractivity contribution in [1.29, 1.82) is 0 Å². The molecule has 0 aliphatic carbocycles. The summed E-state index contributed by atoms with van der Waals surface area (Å²) >= 11 is 0. The predicted molar refractivity (Wildman–Crippen MR) is 122 cm³/mol. The average molecular weight is 439 g/mol. The Hall–Kier alpha value is -3.03. The van der Waals surface area contributed by atoms with E-state index in [1.807, 2.05) is 44.2 Å². The molecule has 2 aromatic carbocycles. The predicted octanol–water partition coefficient (Wildman–Crippen LogP) is 3.33. The first-order chi connectivity index (χ1) is 15.5. The number of hydrogen-bond donors (Lipinski definition) is 2. The molecule has 0 unspecified atom stereocenters. The molecule has 0 aromatic heterocycles. The highest BCUT2D eigenvalue weighted by molar-refractivity contribution is 6.42. The van der Waals surface area contributed by atoms with Crippen LogP contribution in [-0.4, -0.2) is 43.5 Å². The number of aryl methyl sites for hydroxylation is 2. The SMILES string of the molecule is Cc1cccc(C)c1NC(=O)C(=O)[C@@H]1CCCCOCCOCc2ccccc2C(=O)N1. The van der Waals surface area contributed by atoms with Gasteiger partial charge >= 0.3 is 0 Å². The van der Waals surface area contributed by atoms with E-state index in [4.69, 9.17) is 9.47 Å². The monoisotopic (exact) mass is 438 g/mol. The summed E-state index contributed by atoms with van der Waals surface area (Å²) in [6.07, 6.45) is 1.71. The first-order valence-corrected chi connectivity index (χ1v) is 10.9. The molecule has 1 atom stereocenters. The maximum atomic E-state index is 13.0. The van der Waals surface area contributed by atoms with Gasteiger partial charge in [0.2, 0.25) is 5.78 Å². The van der Waals surface area contributed by atoms with E-state index in [1.54, 1.807) is 12.1 Å². The molecule has 0 saturated carbocycles. The van der Waals surface area contributed by atoms with Crippen molar-refractivity contribution in [3.8, 4) is 0 Å². The van der Waals surface area contributed by atoms with E-state index in [-0.39, 0.29) is 6.61 Å². The van der Waals surface area contributed by atoms with Crippen molar-refractivity contribution < 1.29 is 23.9 Å². The van der Waals surface area contributed by atoms with Crippen molar-refractivity contribution in [2.45, 2.75) is 45.8 Å². The third kappa shape index (κ3) is 6.24. The fourth-order valence-electron chi connectivity index (χ4n) is 3.67. The third-order valence-corrected chi connectivity index (χ3v) is 5.49. The van der Waals surface area contributed by atoms with E-state index < -0.39 is 23.6 Å². The van der Waals surface area contributed by atoms with Gasteiger partial charge in [-0.15, -0.1) is 0 Å². The van der Waals surface area contributed by atoms with Gasteiger partial charge in [0.15, 0.2) is 0 Å². The summed E-state index contributed by atoms with van der Waals surface area (Å²) in [7, 11) is 0. The normalized spacial score (nSPS) is 18.1. The number of benzene rings is 2. The molecule has 2 N–H and O–H groups in total. The molecule has 7 nitrogen and oxygen atoms in total. The number of fused-ring (bicyclic) bond motifs is 1. The summed E-state index contributed by atoms with van der Waals surface area (Å²) in [5.41, 5.74) is 3.50. The molecule has 0 spiro atoms. The molecule has 3 rings (SSSR count). The number of nitrogens with one attached hydrogen (secondary N) is 2. The highest BCUT2D eigenvalue weighted by atomic mass is 16.5.